The van der Waals surface area contributed by atoms with Crippen LogP contribution in [0.25, 0.3) is 0 Å². The van der Waals surface area contributed by atoms with Crippen molar-refractivity contribution >= 4 is 0 Å². The summed E-state index contributed by atoms with van der Waals surface area (Å²) in [7, 11) is 0. The standard InChI is InChI=1S/C26H38F2/c1-7-23-12-11-21(18-24(23)8-2)10-9-20(5)26(27,28)25(6)15-13-22(14-16-25)17-19(3)4/h11-15,18-20H,7-10,16-17H2,1-6H3. The van der Waals surface area contributed by atoms with Crippen molar-refractivity contribution in [3.05, 3.63) is 58.7 Å². The highest BCUT2D eigenvalue weighted by Crippen LogP contribution is 2.49. The Morgan fingerprint density at radius 2 is 1.75 bits per heavy atom. The Morgan fingerprint density at radius 1 is 1.07 bits per heavy atom. The molecular weight excluding hydrogens is 350 g/mol. The van der Waals surface area contributed by atoms with E-state index >= 15 is 8.78 Å². The van der Waals surface area contributed by atoms with Crippen LogP contribution in [-0.4, -0.2) is 5.92 Å². The summed E-state index contributed by atoms with van der Waals surface area (Å²) >= 11 is 0. The second-order valence-corrected chi connectivity index (χ2v) is 9.20. The van der Waals surface area contributed by atoms with Crippen molar-refractivity contribution in [2.45, 2.75) is 86.0 Å². The Bertz CT molecular complexity index is 711. The van der Waals surface area contributed by atoms with Crippen LogP contribution in [0.5, 0.6) is 0 Å². The first-order valence-corrected chi connectivity index (χ1v) is 11.0. The van der Waals surface area contributed by atoms with E-state index in [0.29, 0.717) is 25.2 Å². The monoisotopic (exact) mass is 388 g/mol. The van der Waals surface area contributed by atoms with Crippen LogP contribution in [0.15, 0.2) is 42.0 Å². The molecule has 0 bridgehead atoms. The SMILES string of the molecule is CCc1ccc(CCC(C)C(F)(F)C2(C)C=CC(CC(C)C)=CC2)cc1CC. The highest BCUT2D eigenvalue weighted by atomic mass is 19.3. The molecule has 156 valence electrons. The lowest BCUT2D eigenvalue weighted by atomic mass is 9.71. The lowest BCUT2D eigenvalue weighted by Crippen LogP contribution is -2.43. The fourth-order valence-corrected chi connectivity index (χ4v) is 4.28. The van der Waals surface area contributed by atoms with Crippen LogP contribution in [0.4, 0.5) is 8.78 Å². The number of rotatable bonds is 9. The average Bonchev–Trinajstić information content (AvgIpc) is 2.67. The van der Waals surface area contributed by atoms with E-state index in [9.17, 15) is 0 Å². The molecule has 0 aromatic heterocycles. The molecule has 1 aromatic carbocycles. The van der Waals surface area contributed by atoms with Crippen LogP contribution in [0.1, 0.15) is 77.5 Å². The van der Waals surface area contributed by atoms with E-state index in [1.165, 1.54) is 22.3 Å². The molecule has 2 unspecified atom stereocenters. The Morgan fingerprint density at radius 3 is 2.29 bits per heavy atom. The summed E-state index contributed by atoms with van der Waals surface area (Å²) in [5, 5.41) is 0. The van der Waals surface area contributed by atoms with Crippen molar-refractivity contribution < 1.29 is 8.78 Å². The Balaban J connectivity index is 2.04. The van der Waals surface area contributed by atoms with Crippen LogP contribution >= 0.6 is 0 Å². The van der Waals surface area contributed by atoms with Gasteiger partial charge in [0.2, 0.25) is 0 Å². The summed E-state index contributed by atoms with van der Waals surface area (Å²) in [6.07, 6.45) is 10.3. The topological polar surface area (TPSA) is 0 Å². The van der Waals surface area contributed by atoms with Gasteiger partial charge in [0, 0.05) is 5.92 Å². The predicted molar refractivity (Wildman–Crippen MR) is 117 cm³/mol. The molecule has 0 fully saturated rings. The molecule has 1 aromatic rings. The van der Waals surface area contributed by atoms with Gasteiger partial charge in [-0.25, -0.2) is 8.78 Å². The molecule has 0 N–H and O–H groups in total. The summed E-state index contributed by atoms with van der Waals surface area (Å²) in [5.74, 6) is -2.83. The molecule has 1 aliphatic carbocycles. The molecule has 2 heteroatoms. The molecule has 28 heavy (non-hydrogen) atoms. The van der Waals surface area contributed by atoms with Gasteiger partial charge in [-0.3, -0.25) is 0 Å². The zero-order valence-electron chi connectivity index (χ0n) is 18.6. The molecule has 2 rings (SSSR count). The van der Waals surface area contributed by atoms with Crippen LogP contribution < -0.4 is 0 Å². The summed E-state index contributed by atoms with van der Waals surface area (Å²) in [5.41, 5.74) is 4.00. The molecule has 0 saturated heterocycles. The zero-order valence-corrected chi connectivity index (χ0v) is 18.6. The fourth-order valence-electron chi connectivity index (χ4n) is 4.28. The predicted octanol–water partition coefficient (Wildman–Crippen LogP) is 7.95. The van der Waals surface area contributed by atoms with E-state index in [4.69, 9.17) is 0 Å². The van der Waals surface area contributed by atoms with Crippen LogP contribution in [0, 0.1) is 17.3 Å². The highest BCUT2D eigenvalue weighted by molar-refractivity contribution is 5.32. The zero-order chi connectivity index (χ0) is 20.9. The van der Waals surface area contributed by atoms with Crippen LogP contribution in [0.2, 0.25) is 0 Å². The minimum Gasteiger partial charge on any atom is -0.206 e. The number of benzene rings is 1. The van der Waals surface area contributed by atoms with Crippen LogP contribution in [-0.2, 0) is 19.3 Å². The molecule has 2 atom stereocenters. The van der Waals surface area contributed by atoms with Gasteiger partial charge in [0.1, 0.15) is 0 Å². The van der Waals surface area contributed by atoms with Gasteiger partial charge in [0.25, 0.3) is 5.92 Å². The quantitative estimate of drug-likeness (QED) is 0.402. The van der Waals surface area contributed by atoms with Gasteiger partial charge in [-0.1, -0.05) is 83.5 Å². The Labute approximate surface area is 171 Å². The maximum Gasteiger partial charge on any atom is 0.259 e. The maximum atomic E-state index is 15.4. The third-order valence-corrected chi connectivity index (χ3v) is 6.38. The maximum absolute atomic E-state index is 15.4. The molecule has 0 heterocycles. The first-order chi connectivity index (χ1) is 13.1. The number of allylic oxidation sites excluding steroid dienone is 4. The van der Waals surface area contributed by atoms with Crippen LogP contribution in [0.3, 0.4) is 0 Å². The fraction of sp³-hybridized carbons (Fsp3) is 0.615. The number of alkyl halides is 2. The lowest BCUT2D eigenvalue weighted by molar-refractivity contribution is -0.133. The second-order valence-electron chi connectivity index (χ2n) is 9.20. The third-order valence-electron chi connectivity index (χ3n) is 6.38. The normalized spacial score (nSPS) is 21.1. The van der Waals surface area contributed by atoms with Gasteiger partial charge in [-0.05, 0) is 61.1 Å². The minimum atomic E-state index is -2.72. The van der Waals surface area contributed by atoms with E-state index in [1.54, 1.807) is 19.9 Å². The third kappa shape index (κ3) is 5.13. The lowest BCUT2D eigenvalue weighted by Gasteiger charge is -2.40. The van der Waals surface area contributed by atoms with Crippen molar-refractivity contribution in [1.82, 2.24) is 0 Å². The molecular formula is C26H38F2. The van der Waals surface area contributed by atoms with Gasteiger partial charge in [-0.15, -0.1) is 0 Å². The Kier molecular flexibility index (Phi) is 7.65. The molecule has 0 amide bonds. The van der Waals surface area contributed by atoms with E-state index in [0.717, 1.165) is 19.3 Å². The minimum absolute atomic E-state index is 0.425. The molecule has 0 spiro atoms. The largest absolute Gasteiger partial charge is 0.259 e. The summed E-state index contributed by atoms with van der Waals surface area (Å²) in [6, 6.07) is 6.50. The van der Waals surface area contributed by atoms with Crippen molar-refractivity contribution in [2.75, 3.05) is 0 Å². The summed E-state index contributed by atoms with van der Waals surface area (Å²) in [6.45, 7) is 12.1. The van der Waals surface area contributed by atoms with Gasteiger partial charge >= 0.3 is 0 Å². The molecule has 0 saturated carbocycles. The molecule has 1 aliphatic rings. The average molecular weight is 389 g/mol. The second kappa shape index (κ2) is 9.37. The summed E-state index contributed by atoms with van der Waals surface area (Å²) < 4.78 is 30.7. The van der Waals surface area contributed by atoms with E-state index in [-0.39, 0.29) is 0 Å². The van der Waals surface area contributed by atoms with Gasteiger partial charge < -0.3 is 0 Å². The van der Waals surface area contributed by atoms with E-state index < -0.39 is 17.3 Å². The van der Waals surface area contributed by atoms with Crippen molar-refractivity contribution in [2.24, 2.45) is 17.3 Å². The summed E-state index contributed by atoms with van der Waals surface area (Å²) in [4.78, 5) is 0. The number of halogens is 2. The van der Waals surface area contributed by atoms with Gasteiger partial charge in [0.15, 0.2) is 0 Å². The Hall–Kier alpha value is -1.44. The van der Waals surface area contributed by atoms with Crippen molar-refractivity contribution in [1.29, 1.82) is 0 Å². The van der Waals surface area contributed by atoms with Crippen molar-refractivity contribution in [3.8, 4) is 0 Å². The van der Waals surface area contributed by atoms with Gasteiger partial charge in [0.05, 0.1) is 5.41 Å². The van der Waals surface area contributed by atoms with Crippen molar-refractivity contribution in [3.63, 3.8) is 0 Å². The smallest absolute Gasteiger partial charge is 0.206 e. The first-order valence-electron chi connectivity index (χ1n) is 11.0. The highest BCUT2D eigenvalue weighted by Gasteiger charge is 2.51. The number of hydrogen-bond acceptors (Lipinski definition) is 0. The van der Waals surface area contributed by atoms with E-state index in [1.807, 2.05) is 12.2 Å². The number of aryl methyl sites for hydroxylation is 3. The number of hydrogen-bond donors (Lipinski definition) is 0. The first kappa shape index (κ1) is 22.8. The molecule has 0 radical (unpaired) electrons. The molecule has 0 nitrogen and oxygen atoms in total. The molecule has 0 aliphatic heterocycles. The van der Waals surface area contributed by atoms with E-state index in [2.05, 4.69) is 45.9 Å². The van der Waals surface area contributed by atoms with Gasteiger partial charge in [-0.2, -0.15) is 0 Å².